The Hall–Kier alpha value is -3.55. The van der Waals surface area contributed by atoms with Crippen molar-refractivity contribution >= 4 is 5.91 Å². The van der Waals surface area contributed by atoms with E-state index in [0.717, 1.165) is 29.2 Å². The van der Waals surface area contributed by atoms with Gasteiger partial charge in [0.05, 0.1) is 25.7 Å². The van der Waals surface area contributed by atoms with Gasteiger partial charge in [-0.25, -0.2) is 4.98 Å². The standard InChI is InChI=1S/C24H26N4O4/c1-16-13-27(15-25-16)19-5-6-20-22(29)26(9-10-28(20)23(19)30)14-24(2)8-11-32-21-7-4-17(31-3)12-18(21)24/h4-7,12-13,15H,8-11,14H2,1-3H3/t24-/m0/s1. The summed E-state index contributed by atoms with van der Waals surface area (Å²) in [6.45, 7) is 6.12. The Bertz CT molecular complexity index is 1260. The third-order valence-electron chi connectivity index (χ3n) is 6.53. The molecule has 0 spiro atoms. The zero-order valence-electron chi connectivity index (χ0n) is 18.5. The minimum absolute atomic E-state index is 0.126. The second-order valence-electron chi connectivity index (χ2n) is 8.73. The van der Waals surface area contributed by atoms with Crippen LogP contribution in [-0.2, 0) is 12.0 Å². The number of benzene rings is 1. The monoisotopic (exact) mass is 434 g/mol. The first kappa shape index (κ1) is 20.4. The number of imidazole rings is 1. The molecule has 0 bridgehead atoms. The third-order valence-corrected chi connectivity index (χ3v) is 6.53. The first-order chi connectivity index (χ1) is 15.4. The summed E-state index contributed by atoms with van der Waals surface area (Å²) in [5.41, 5.74) is 2.34. The molecule has 0 radical (unpaired) electrons. The van der Waals surface area contributed by atoms with Crippen molar-refractivity contribution in [2.75, 3.05) is 26.8 Å². The molecular formula is C24H26N4O4. The number of methoxy groups -OCH3 is 1. The van der Waals surface area contributed by atoms with Gasteiger partial charge in [-0.05, 0) is 43.7 Å². The maximum absolute atomic E-state index is 13.4. The topological polar surface area (TPSA) is 78.6 Å². The molecule has 2 aromatic heterocycles. The smallest absolute Gasteiger partial charge is 0.275 e. The van der Waals surface area contributed by atoms with Gasteiger partial charge in [-0.3, -0.25) is 9.59 Å². The van der Waals surface area contributed by atoms with E-state index in [4.69, 9.17) is 9.47 Å². The predicted octanol–water partition coefficient (Wildman–Crippen LogP) is 2.55. The molecule has 0 saturated carbocycles. The number of aryl methyl sites for hydroxylation is 1. The minimum atomic E-state index is -0.269. The van der Waals surface area contributed by atoms with Crippen LogP contribution in [0.2, 0.25) is 0 Å². The van der Waals surface area contributed by atoms with Crippen molar-refractivity contribution in [3.63, 3.8) is 0 Å². The van der Waals surface area contributed by atoms with Crippen LogP contribution in [0.3, 0.4) is 0 Å². The lowest BCUT2D eigenvalue weighted by Crippen LogP contribution is -2.50. The molecule has 5 rings (SSSR count). The van der Waals surface area contributed by atoms with Gasteiger partial charge in [0.1, 0.15) is 22.9 Å². The van der Waals surface area contributed by atoms with Crippen LogP contribution in [0.5, 0.6) is 11.5 Å². The quantitative estimate of drug-likeness (QED) is 0.631. The number of carbonyl (C=O) groups is 1. The molecule has 3 aromatic rings. The fourth-order valence-electron chi connectivity index (χ4n) is 4.70. The SMILES string of the molecule is COc1ccc2c(c1)[C@](C)(CN1CCn3c(ccc(-n4cnc(C)c4)c3=O)C1=O)CCO2. The first-order valence-corrected chi connectivity index (χ1v) is 10.7. The van der Waals surface area contributed by atoms with Crippen LogP contribution in [-0.4, -0.2) is 51.7 Å². The second-order valence-corrected chi connectivity index (χ2v) is 8.73. The number of nitrogens with zero attached hydrogens (tertiary/aromatic N) is 4. The maximum atomic E-state index is 13.4. The van der Waals surface area contributed by atoms with E-state index in [-0.39, 0.29) is 16.9 Å². The Balaban J connectivity index is 1.45. The summed E-state index contributed by atoms with van der Waals surface area (Å²) in [5, 5.41) is 0. The summed E-state index contributed by atoms with van der Waals surface area (Å²) >= 11 is 0. The van der Waals surface area contributed by atoms with Crippen molar-refractivity contribution in [1.29, 1.82) is 0 Å². The van der Waals surface area contributed by atoms with Gasteiger partial charge in [0.2, 0.25) is 0 Å². The Morgan fingerprint density at radius 2 is 2.03 bits per heavy atom. The fourth-order valence-corrected chi connectivity index (χ4v) is 4.70. The molecule has 0 aliphatic carbocycles. The second kappa shape index (κ2) is 7.55. The minimum Gasteiger partial charge on any atom is -0.497 e. The zero-order valence-corrected chi connectivity index (χ0v) is 18.5. The number of amides is 1. The zero-order chi connectivity index (χ0) is 22.5. The molecule has 8 nitrogen and oxygen atoms in total. The number of hydrogen-bond acceptors (Lipinski definition) is 5. The van der Waals surface area contributed by atoms with Gasteiger partial charge in [-0.2, -0.15) is 0 Å². The summed E-state index contributed by atoms with van der Waals surface area (Å²) < 4.78 is 14.5. The molecule has 1 atom stereocenters. The summed E-state index contributed by atoms with van der Waals surface area (Å²) in [4.78, 5) is 32.5. The molecule has 0 N–H and O–H groups in total. The molecule has 4 heterocycles. The van der Waals surface area contributed by atoms with E-state index in [2.05, 4.69) is 11.9 Å². The lowest BCUT2D eigenvalue weighted by Gasteiger charge is -2.41. The average molecular weight is 434 g/mol. The Kier molecular flexibility index (Phi) is 4.80. The van der Waals surface area contributed by atoms with Crippen LogP contribution in [0.15, 0.2) is 47.7 Å². The highest BCUT2D eigenvalue weighted by Crippen LogP contribution is 2.41. The molecule has 0 unspecified atom stereocenters. The molecule has 0 saturated heterocycles. The Labute approximate surface area is 186 Å². The van der Waals surface area contributed by atoms with Gasteiger partial charge >= 0.3 is 0 Å². The van der Waals surface area contributed by atoms with Crippen LogP contribution in [0.25, 0.3) is 5.69 Å². The molecular weight excluding hydrogens is 408 g/mol. The van der Waals surface area contributed by atoms with Crippen molar-refractivity contribution in [3.05, 3.63) is 70.2 Å². The molecule has 1 aromatic carbocycles. The van der Waals surface area contributed by atoms with Gasteiger partial charge in [-0.1, -0.05) is 6.92 Å². The summed E-state index contributed by atoms with van der Waals surface area (Å²) in [6.07, 6.45) is 4.22. The summed E-state index contributed by atoms with van der Waals surface area (Å²) in [7, 11) is 1.64. The Morgan fingerprint density at radius 1 is 1.19 bits per heavy atom. The average Bonchev–Trinajstić information content (AvgIpc) is 3.22. The summed E-state index contributed by atoms with van der Waals surface area (Å²) in [6, 6.07) is 9.26. The van der Waals surface area contributed by atoms with Crippen molar-refractivity contribution in [2.24, 2.45) is 0 Å². The molecule has 0 fully saturated rings. The third kappa shape index (κ3) is 3.26. The van der Waals surface area contributed by atoms with E-state index in [9.17, 15) is 9.59 Å². The van der Waals surface area contributed by atoms with E-state index in [0.29, 0.717) is 37.6 Å². The fraction of sp³-hybridized carbons (Fsp3) is 0.375. The maximum Gasteiger partial charge on any atom is 0.275 e. The van der Waals surface area contributed by atoms with Gasteiger partial charge < -0.3 is 23.5 Å². The van der Waals surface area contributed by atoms with Crippen LogP contribution >= 0.6 is 0 Å². The van der Waals surface area contributed by atoms with Crippen molar-refractivity contribution in [3.8, 4) is 17.2 Å². The molecule has 8 heteroatoms. The largest absolute Gasteiger partial charge is 0.497 e. The first-order valence-electron chi connectivity index (χ1n) is 10.7. The molecule has 1 amide bonds. The summed E-state index contributed by atoms with van der Waals surface area (Å²) in [5.74, 6) is 1.48. The number of fused-ring (bicyclic) bond motifs is 2. The van der Waals surface area contributed by atoms with Crippen LogP contribution in [0, 0.1) is 6.92 Å². The van der Waals surface area contributed by atoms with Crippen LogP contribution in [0.4, 0.5) is 0 Å². The van der Waals surface area contributed by atoms with Crippen molar-refractivity contribution in [2.45, 2.75) is 32.2 Å². The lowest BCUT2D eigenvalue weighted by atomic mass is 9.77. The van der Waals surface area contributed by atoms with Gasteiger partial charge in [0, 0.05) is 36.8 Å². The van der Waals surface area contributed by atoms with E-state index in [1.54, 1.807) is 40.9 Å². The highest BCUT2D eigenvalue weighted by molar-refractivity contribution is 5.93. The number of rotatable bonds is 4. The van der Waals surface area contributed by atoms with Gasteiger partial charge in [-0.15, -0.1) is 0 Å². The molecule has 166 valence electrons. The molecule has 2 aliphatic rings. The van der Waals surface area contributed by atoms with E-state index in [1.807, 2.05) is 30.0 Å². The highest BCUT2D eigenvalue weighted by Gasteiger charge is 2.38. The van der Waals surface area contributed by atoms with E-state index < -0.39 is 0 Å². The normalized spacial score (nSPS) is 19.8. The lowest BCUT2D eigenvalue weighted by molar-refractivity contribution is 0.0631. The van der Waals surface area contributed by atoms with Crippen molar-refractivity contribution < 1.29 is 14.3 Å². The van der Waals surface area contributed by atoms with Crippen LogP contribution in [0.1, 0.15) is 35.1 Å². The molecule has 2 aliphatic heterocycles. The van der Waals surface area contributed by atoms with Crippen LogP contribution < -0.4 is 15.0 Å². The Morgan fingerprint density at radius 3 is 2.78 bits per heavy atom. The predicted molar refractivity (Wildman–Crippen MR) is 119 cm³/mol. The number of pyridine rings is 1. The number of hydrogen-bond donors (Lipinski definition) is 0. The van der Waals surface area contributed by atoms with Crippen molar-refractivity contribution in [1.82, 2.24) is 19.0 Å². The highest BCUT2D eigenvalue weighted by atomic mass is 16.5. The number of carbonyl (C=O) groups excluding carboxylic acids is 1. The number of aromatic nitrogens is 3. The molecule has 32 heavy (non-hydrogen) atoms. The van der Waals surface area contributed by atoms with E-state index in [1.165, 1.54) is 0 Å². The van der Waals surface area contributed by atoms with E-state index >= 15 is 0 Å². The van der Waals surface area contributed by atoms with Gasteiger partial charge in [0.25, 0.3) is 11.5 Å². The number of ether oxygens (including phenoxy) is 2. The van der Waals surface area contributed by atoms with Gasteiger partial charge in [0.15, 0.2) is 0 Å².